The molecule has 0 radical (unpaired) electrons. The predicted molar refractivity (Wildman–Crippen MR) is 92.8 cm³/mol. The lowest BCUT2D eigenvalue weighted by Crippen LogP contribution is -2.28. The largest absolute Gasteiger partial charge is 0.352 e. The molecule has 0 saturated carbocycles. The molecule has 6 heteroatoms. The van der Waals surface area contributed by atoms with Crippen LogP contribution in [0.2, 0.25) is 0 Å². The van der Waals surface area contributed by atoms with Gasteiger partial charge in [-0.2, -0.15) is 0 Å². The normalized spacial score (nSPS) is 10.6. The van der Waals surface area contributed by atoms with E-state index in [1.54, 1.807) is 24.3 Å². The number of aromatic nitrogens is 1. The Balaban J connectivity index is 2.04. The number of carbonyl (C=O) groups excluding carboxylic acids is 2. The fourth-order valence-electron chi connectivity index (χ4n) is 2.03. The van der Waals surface area contributed by atoms with E-state index in [4.69, 9.17) is 0 Å². The Bertz CT molecular complexity index is 695. The van der Waals surface area contributed by atoms with E-state index in [1.807, 2.05) is 26.2 Å². The van der Waals surface area contributed by atoms with Gasteiger partial charge >= 0.3 is 0 Å². The molecule has 0 atom stereocenters. The van der Waals surface area contributed by atoms with Gasteiger partial charge in [-0.3, -0.25) is 9.59 Å². The molecule has 122 valence electrons. The first-order chi connectivity index (χ1) is 11.0. The SMILES string of the molecule is Cc1nc(CC(=O)Nc2ccccc2C(=O)NCC(C)C)cs1. The average molecular weight is 331 g/mol. The number of carbonyl (C=O) groups is 2. The average Bonchev–Trinajstić information content (AvgIpc) is 2.90. The van der Waals surface area contributed by atoms with Crippen molar-refractivity contribution in [3.05, 3.63) is 45.9 Å². The third kappa shape index (κ3) is 5.17. The van der Waals surface area contributed by atoms with Crippen LogP contribution in [0.3, 0.4) is 0 Å². The summed E-state index contributed by atoms with van der Waals surface area (Å²) in [5, 5.41) is 8.47. The maximum atomic E-state index is 12.2. The van der Waals surface area contributed by atoms with Crippen molar-refractivity contribution in [1.29, 1.82) is 0 Å². The van der Waals surface area contributed by atoms with Gasteiger partial charge < -0.3 is 10.6 Å². The fraction of sp³-hybridized carbons (Fsp3) is 0.353. The molecule has 1 aromatic heterocycles. The highest BCUT2D eigenvalue weighted by Crippen LogP contribution is 2.16. The Hall–Kier alpha value is -2.21. The number of benzene rings is 1. The summed E-state index contributed by atoms with van der Waals surface area (Å²) in [5.41, 5.74) is 1.73. The summed E-state index contributed by atoms with van der Waals surface area (Å²) in [7, 11) is 0. The number of amides is 2. The molecule has 2 N–H and O–H groups in total. The van der Waals surface area contributed by atoms with Gasteiger partial charge in [0.15, 0.2) is 0 Å². The molecule has 1 aromatic carbocycles. The molecular formula is C17H21N3O2S. The number of rotatable bonds is 6. The van der Waals surface area contributed by atoms with Gasteiger partial charge in [-0.1, -0.05) is 26.0 Å². The zero-order chi connectivity index (χ0) is 16.8. The van der Waals surface area contributed by atoms with E-state index in [1.165, 1.54) is 11.3 Å². The van der Waals surface area contributed by atoms with Crippen molar-refractivity contribution in [2.75, 3.05) is 11.9 Å². The summed E-state index contributed by atoms with van der Waals surface area (Å²) in [5.74, 6) is 0.00659. The van der Waals surface area contributed by atoms with Crippen LogP contribution < -0.4 is 10.6 Å². The van der Waals surface area contributed by atoms with Crippen molar-refractivity contribution in [2.45, 2.75) is 27.2 Å². The van der Waals surface area contributed by atoms with E-state index in [-0.39, 0.29) is 18.2 Å². The molecule has 0 spiro atoms. The van der Waals surface area contributed by atoms with Crippen molar-refractivity contribution >= 4 is 28.8 Å². The summed E-state index contributed by atoms with van der Waals surface area (Å²) in [6, 6.07) is 7.01. The quantitative estimate of drug-likeness (QED) is 0.855. The first-order valence-corrected chi connectivity index (χ1v) is 8.41. The van der Waals surface area contributed by atoms with Crippen molar-refractivity contribution in [3.8, 4) is 0 Å². The lowest BCUT2D eigenvalue weighted by molar-refractivity contribution is -0.115. The number of thiazole rings is 1. The van der Waals surface area contributed by atoms with Gasteiger partial charge in [0, 0.05) is 11.9 Å². The molecular weight excluding hydrogens is 310 g/mol. The van der Waals surface area contributed by atoms with Crippen LogP contribution >= 0.6 is 11.3 Å². The number of hydrogen-bond acceptors (Lipinski definition) is 4. The second-order valence-electron chi connectivity index (χ2n) is 5.73. The third-order valence-corrected chi connectivity index (χ3v) is 3.95. The van der Waals surface area contributed by atoms with Gasteiger partial charge in [0.2, 0.25) is 5.91 Å². The number of para-hydroxylation sites is 1. The molecule has 2 aromatic rings. The van der Waals surface area contributed by atoms with Gasteiger partial charge in [0.25, 0.3) is 5.91 Å². The van der Waals surface area contributed by atoms with Crippen molar-refractivity contribution in [2.24, 2.45) is 5.92 Å². The van der Waals surface area contributed by atoms with Crippen LogP contribution in [0.4, 0.5) is 5.69 Å². The first-order valence-electron chi connectivity index (χ1n) is 7.53. The summed E-state index contributed by atoms with van der Waals surface area (Å²) < 4.78 is 0. The highest BCUT2D eigenvalue weighted by Gasteiger charge is 2.14. The molecule has 5 nitrogen and oxygen atoms in total. The number of aryl methyl sites for hydroxylation is 1. The zero-order valence-corrected chi connectivity index (χ0v) is 14.4. The Morgan fingerprint density at radius 3 is 2.65 bits per heavy atom. The van der Waals surface area contributed by atoms with Crippen molar-refractivity contribution in [1.82, 2.24) is 10.3 Å². The van der Waals surface area contributed by atoms with Gasteiger partial charge in [-0.25, -0.2) is 4.98 Å². The van der Waals surface area contributed by atoms with E-state index >= 15 is 0 Å². The number of anilines is 1. The Morgan fingerprint density at radius 2 is 2.00 bits per heavy atom. The Kier molecular flexibility index (Phi) is 5.87. The molecule has 0 fully saturated rings. The Labute approximate surface area is 140 Å². The maximum Gasteiger partial charge on any atom is 0.253 e. The number of hydrogen-bond donors (Lipinski definition) is 2. The van der Waals surface area contributed by atoms with Crippen LogP contribution in [0.15, 0.2) is 29.6 Å². The van der Waals surface area contributed by atoms with Crippen LogP contribution in [0.5, 0.6) is 0 Å². The molecule has 0 unspecified atom stereocenters. The molecule has 2 amide bonds. The van der Waals surface area contributed by atoms with Crippen molar-refractivity contribution < 1.29 is 9.59 Å². The smallest absolute Gasteiger partial charge is 0.253 e. The molecule has 0 aliphatic heterocycles. The predicted octanol–water partition coefficient (Wildman–Crippen LogP) is 3.02. The second-order valence-corrected chi connectivity index (χ2v) is 6.79. The summed E-state index contributed by atoms with van der Waals surface area (Å²) in [6.45, 7) is 6.56. The molecule has 0 aliphatic rings. The van der Waals surface area contributed by atoms with Gasteiger partial charge in [-0.15, -0.1) is 11.3 Å². The first kappa shape index (κ1) is 17.1. The summed E-state index contributed by atoms with van der Waals surface area (Å²) in [6.07, 6.45) is 0.201. The summed E-state index contributed by atoms with van der Waals surface area (Å²) in [4.78, 5) is 28.7. The molecule has 2 rings (SSSR count). The molecule has 0 aliphatic carbocycles. The highest BCUT2D eigenvalue weighted by molar-refractivity contribution is 7.09. The molecule has 0 saturated heterocycles. The van der Waals surface area contributed by atoms with Crippen LogP contribution in [0, 0.1) is 12.8 Å². The van der Waals surface area contributed by atoms with Crippen LogP contribution in [-0.4, -0.2) is 23.3 Å². The number of nitrogens with zero attached hydrogens (tertiary/aromatic N) is 1. The van der Waals surface area contributed by atoms with Gasteiger partial charge in [0.1, 0.15) is 0 Å². The minimum Gasteiger partial charge on any atom is -0.352 e. The third-order valence-electron chi connectivity index (χ3n) is 3.12. The van der Waals surface area contributed by atoms with E-state index in [2.05, 4.69) is 15.6 Å². The topological polar surface area (TPSA) is 71.1 Å². The van der Waals surface area contributed by atoms with Crippen LogP contribution in [-0.2, 0) is 11.2 Å². The van der Waals surface area contributed by atoms with E-state index in [0.29, 0.717) is 23.7 Å². The van der Waals surface area contributed by atoms with E-state index in [9.17, 15) is 9.59 Å². The molecule has 1 heterocycles. The van der Waals surface area contributed by atoms with Gasteiger partial charge in [0.05, 0.1) is 28.4 Å². The summed E-state index contributed by atoms with van der Waals surface area (Å²) >= 11 is 1.51. The van der Waals surface area contributed by atoms with E-state index in [0.717, 1.165) is 10.7 Å². The van der Waals surface area contributed by atoms with Crippen LogP contribution in [0.1, 0.15) is 34.9 Å². The Morgan fingerprint density at radius 1 is 1.26 bits per heavy atom. The van der Waals surface area contributed by atoms with E-state index < -0.39 is 0 Å². The molecule has 23 heavy (non-hydrogen) atoms. The van der Waals surface area contributed by atoms with Gasteiger partial charge in [-0.05, 0) is 25.0 Å². The monoisotopic (exact) mass is 331 g/mol. The lowest BCUT2D eigenvalue weighted by atomic mass is 10.1. The van der Waals surface area contributed by atoms with Crippen LogP contribution in [0.25, 0.3) is 0 Å². The lowest BCUT2D eigenvalue weighted by Gasteiger charge is -2.12. The zero-order valence-electron chi connectivity index (χ0n) is 13.6. The minimum atomic E-state index is -0.181. The highest BCUT2D eigenvalue weighted by atomic mass is 32.1. The fourth-order valence-corrected chi connectivity index (χ4v) is 2.64. The minimum absolute atomic E-state index is 0.181. The molecule has 0 bridgehead atoms. The van der Waals surface area contributed by atoms with Crippen molar-refractivity contribution in [3.63, 3.8) is 0 Å². The second kappa shape index (κ2) is 7.87. The maximum absolute atomic E-state index is 12.2. The standard InChI is InChI=1S/C17H21N3O2S/c1-11(2)9-18-17(22)14-6-4-5-7-15(14)20-16(21)8-13-10-23-12(3)19-13/h4-7,10-11H,8-9H2,1-3H3,(H,18,22)(H,20,21). The number of nitrogens with one attached hydrogen (secondary N) is 2.